The van der Waals surface area contributed by atoms with Gasteiger partial charge in [0.15, 0.2) is 0 Å². The highest BCUT2D eigenvalue weighted by atomic mass is 16.5. The van der Waals surface area contributed by atoms with Crippen LogP contribution in [0.15, 0.2) is 0 Å². The first-order valence-corrected chi connectivity index (χ1v) is 6.89. The molecule has 1 heterocycles. The zero-order valence-electron chi connectivity index (χ0n) is 11.2. The molecule has 1 saturated heterocycles. The standard InChI is InChI=1S/C13H28N2O2/c1-16-11-3-2-8-15-9-5-13(6-10-15)17-12-4-7-14/h13H,2-12,14H2,1H3. The number of unbranched alkanes of at least 4 members (excludes halogenated alkanes) is 1. The normalized spacial score (nSPS) is 18.7. The molecule has 0 atom stereocenters. The van der Waals surface area contributed by atoms with Crippen molar-refractivity contribution in [3.8, 4) is 0 Å². The predicted octanol–water partition coefficient (Wildman–Crippen LogP) is 1.24. The minimum Gasteiger partial charge on any atom is -0.385 e. The molecule has 4 heteroatoms. The second kappa shape index (κ2) is 9.83. The van der Waals surface area contributed by atoms with Crippen molar-refractivity contribution in [1.82, 2.24) is 4.90 Å². The molecule has 0 unspecified atom stereocenters. The summed E-state index contributed by atoms with van der Waals surface area (Å²) < 4.78 is 10.8. The molecule has 2 N–H and O–H groups in total. The fraction of sp³-hybridized carbons (Fsp3) is 1.00. The van der Waals surface area contributed by atoms with Crippen LogP contribution in [0.3, 0.4) is 0 Å². The van der Waals surface area contributed by atoms with Crippen LogP contribution in [0.25, 0.3) is 0 Å². The van der Waals surface area contributed by atoms with E-state index in [2.05, 4.69) is 4.90 Å². The highest BCUT2D eigenvalue weighted by Crippen LogP contribution is 2.14. The third-order valence-electron chi connectivity index (χ3n) is 3.31. The Balaban J connectivity index is 1.97. The first kappa shape index (κ1) is 14.9. The lowest BCUT2D eigenvalue weighted by atomic mass is 10.1. The molecule has 1 aliphatic heterocycles. The number of hydrogen-bond donors (Lipinski definition) is 1. The summed E-state index contributed by atoms with van der Waals surface area (Å²) in [5, 5.41) is 0. The van der Waals surface area contributed by atoms with E-state index in [4.69, 9.17) is 15.2 Å². The minimum absolute atomic E-state index is 0.469. The van der Waals surface area contributed by atoms with E-state index < -0.39 is 0 Å². The smallest absolute Gasteiger partial charge is 0.0599 e. The number of nitrogens with two attached hydrogens (primary N) is 1. The fourth-order valence-corrected chi connectivity index (χ4v) is 2.21. The van der Waals surface area contributed by atoms with Gasteiger partial charge in [-0.1, -0.05) is 0 Å². The molecule has 102 valence electrons. The van der Waals surface area contributed by atoms with Crippen LogP contribution < -0.4 is 5.73 Å². The number of ether oxygens (including phenoxy) is 2. The number of nitrogens with zero attached hydrogens (tertiary/aromatic N) is 1. The molecule has 1 fully saturated rings. The molecule has 0 radical (unpaired) electrons. The lowest BCUT2D eigenvalue weighted by Gasteiger charge is -2.31. The molecule has 0 aromatic heterocycles. The number of piperidine rings is 1. The summed E-state index contributed by atoms with van der Waals surface area (Å²) in [6.45, 7) is 6.02. The van der Waals surface area contributed by atoms with Gasteiger partial charge in [-0.2, -0.15) is 0 Å². The maximum atomic E-state index is 5.79. The van der Waals surface area contributed by atoms with Gasteiger partial charge < -0.3 is 20.1 Å². The second-order valence-corrected chi connectivity index (χ2v) is 4.75. The topological polar surface area (TPSA) is 47.7 Å². The molecule has 0 aromatic rings. The van der Waals surface area contributed by atoms with Gasteiger partial charge in [0.05, 0.1) is 6.10 Å². The van der Waals surface area contributed by atoms with Gasteiger partial charge >= 0.3 is 0 Å². The first-order valence-electron chi connectivity index (χ1n) is 6.89. The number of methoxy groups -OCH3 is 1. The van der Waals surface area contributed by atoms with Gasteiger partial charge in [-0.15, -0.1) is 0 Å². The second-order valence-electron chi connectivity index (χ2n) is 4.75. The lowest BCUT2D eigenvalue weighted by Crippen LogP contribution is -2.37. The lowest BCUT2D eigenvalue weighted by molar-refractivity contribution is 0.00674. The molecule has 0 amide bonds. The van der Waals surface area contributed by atoms with Gasteiger partial charge in [0.2, 0.25) is 0 Å². The number of likely N-dealkylation sites (tertiary alicyclic amines) is 1. The van der Waals surface area contributed by atoms with E-state index in [0.717, 1.165) is 26.2 Å². The minimum atomic E-state index is 0.469. The van der Waals surface area contributed by atoms with Crippen molar-refractivity contribution in [3.05, 3.63) is 0 Å². The fourth-order valence-electron chi connectivity index (χ4n) is 2.21. The summed E-state index contributed by atoms with van der Waals surface area (Å²) in [7, 11) is 1.77. The van der Waals surface area contributed by atoms with Gasteiger partial charge in [0, 0.05) is 33.4 Å². The highest BCUT2D eigenvalue weighted by molar-refractivity contribution is 4.72. The van der Waals surface area contributed by atoms with Crippen LogP contribution in [-0.2, 0) is 9.47 Å². The van der Waals surface area contributed by atoms with E-state index in [1.54, 1.807) is 7.11 Å². The Labute approximate surface area is 105 Å². The van der Waals surface area contributed by atoms with Crippen molar-refractivity contribution in [1.29, 1.82) is 0 Å². The van der Waals surface area contributed by atoms with Crippen molar-refractivity contribution in [2.45, 2.75) is 38.2 Å². The van der Waals surface area contributed by atoms with E-state index in [9.17, 15) is 0 Å². The molecule has 17 heavy (non-hydrogen) atoms. The number of rotatable bonds is 9. The zero-order chi connectivity index (χ0) is 12.3. The van der Waals surface area contributed by atoms with Crippen molar-refractivity contribution in [2.24, 2.45) is 5.73 Å². The average Bonchev–Trinajstić information content (AvgIpc) is 2.37. The molecule has 0 aromatic carbocycles. The molecular formula is C13H28N2O2. The Bertz CT molecular complexity index is 171. The molecule has 0 saturated carbocycles. The van der Waals surface area contributed by atoms with Crippen LogP contribution in [0.2, 0.25) is 0 Å². The highest BCUT2D eigenvalue weighted by Gasteiger charge is 2.18. The van der Waals surface area contributed by atoms with E-state index >= 15 is 0 Å². The van der Waals surface area contributed by atoms with Gasteiger partial charge in [-0.05, 0) is 45.2 Å². The Morgan fingerprint density at radius 1 is 1.12 bits per heavy atom. The van der Waals surface area contributed by atoms with Crippen molar-refractivity contribution in [3.63, 3.8) is 0 Å². The summed E-state index contributed by atoms with van der Waals surface area (Å²) in [5.41, 5.74) is 5.45. The predicted molar refractivity (Wildman–Crippen MR) is 70.2 cm³/mol. The average molecular weight is 244 g/mol. The van der Waals surface area contributed by atoms with Crippen molar-refractivity contribution < 1.29 is 9.47 Å². The van der Waals surface area contributed by atoms with Crippen LogP contribution in [0.4, 0.5) is 0 Å². The summed E-state index contributed by atoms with van der Waals surface area (Å²) in [6.07, 6.45) is 6.22. The van der Waals surface area contributed by atoms with Gasteiger partial charge in [0.25, 0.3) is 0 Å². The Hall–Kier alpha value is -0.160. The SMILES string of the molecule is COCCCCN1CCC(OCCCN)CC1. The molecule has 4 nitrogen and oxygen atoms in total. The third kappa shape index (κ3) is 6.99. The summed E-state index contributed by atoms with van der Waals surface area (Å²) in [5.74, 6) is 0. The molecule has 0 spiro atoms. The van der Waals surface area contributed by atoms with Gasteiger partial charge in [0.1, 0.15) is 0 Å². The van der Waals surface area contributed by atoms with Gasteiger partial charge in [-0.3, -0.25) is 0 Å². The molecule has 0 bridgehead atoms. The van der Waals surface area contributed by atoms with Crippen LogP contribution >= 0.6 is 0 Å². The molecule has 1 aliphatic rings. The summed E-state index contributed by atoms with van der Waals surface area (Å²) in [6, 6.07) is 0. The molecule has 0 aliphatic carbocycles. The van der Waals surface area contributed by atoms with Crippen LogP contribution in [-0.4, -0.2) is 57.5 Å². The zero-order valence-corrected chi connectivity index (χ0v) is 11.2. The van der Waals surface area contributed by atoms with Crippen LogP contribution in [0, 0.1) is 0 Å². The third-order valence-corrected chi connectivity index (χ3v) is 3.31. The van der Waals surface area contributed by atoms with Crippen molar-refractivity contribution >= 4 is 0 Å². The molecular weight excluding hydrogens is 216 g/mol. The first-order chi connectivity index (χ1) is 8.36. The number of hydrogen-bond acceptors (Lipinski definition) is 4. The Morgan fingerprint density at radius 3 is 2.53 bits per heavy atom. The van der Waals surface area contributed by atoms with E-state index in [1.165, 1.54) is 45.3 Å². The van der Waals surface area contributed by atoms with E-state index in [1.807, 2.05) is 0 Å². The summed E-state index contributed by atoms with van der Waals surface area (Å²) >= 11 is 0. The molecule has 1 rings (SSSR count). The largest absolute Gasteiger partial charge is 0.385 e. The Morgan fingerprint density at radius 2 is 1.88 bits per heavy atom. The van der Waals surface area contributed by atoms with Crippen LogP contribution in [0.5, 0.6) is 0 Å². The maximum absolute atomic E-state index is 5.79. The quantitative estimate of drug-likeness (QED) is 0.620. The Kier molecular flexibility index (Phi) is 8.61. The monoisotopic (exact) mass is 244 g/mol. The summed E-state index contributed by atoms with van der Waals surface area (Å²) in [4.78, 5) is 2.54. The van der Waals surface area contributed by atoms with Crippen LogP contribution in [0.1, 0.15) is 32.1 Å². The van der Waals surface area contributed by atoms with E-state index in [-0.39, 0.29) is 0 Å². The maximum Gasteiger partial charge on any atom is 0.0599 e. The van der Waals surface area contributed by atoms with E-state index in [0.29, 0.717) is 6.10 Å². The van der Waals surface area contributed by atoms with Gasteiger partial charge in [-0.25, -0.2) is 0 Å². The van der Waals surface area contributed by atoms with Crippen molar-refractivity contribution in [2.75, 3.05) is 46.5 Å².